The molecule has 6 heteroatoms. The quantitative estimate of drug-likeness (QED) is 0.500. The molecule has 0 bridgehead atoms. The van der Waals surface area contributed by atoms with Crippen LogP contribution in [0.25, 0.3) is 12.2 Å². The summed E-state index contributed by atoms with van der Waals surface area (Å²) in [6.07, 6.45) is 6.45. The Balaban J connectivity index is 1.99. The van der Waals surface area contributed by atoms with Gasteiger partial charge in [0.05, 0.1) is 26.2 Å². The van der Waals surface area contributed by atoms with E-state index in [0.29, 0.717) is 16.3 Å². The van der Waals surface area contributed by atoms with Crippen LogP contribution in [0.1, 0.15) is 16.7 Å². The van der Waals surface area contributed by atoms with Crippen molar-refractivity contribution in [3.8, 4) is 5.75 Å². The molecule has 0 saturated heterocycles. The molecule has 0 spiro atoms. The van der Waals surface area contributed by atoms with Crippen LogP contribution in [0, 0.1) is 0 Å². The van der Waals surface area contributed by atoms with Crippen molar-refractivity contribution in [1.29, 1.82) is 0 Å². The number of rotatable bonds is 5. The smallest absolute Gasteiger partial charge is 0.275 e. The van der Waals surface area contributed by atoms with Gasteiger partial charge in [0.15, 0.2) is 0 Å². The Labute approximate surface area is 178 Å². The number of benzene rings is 2. The first-order valence-corrected chi connectivity index (χ1v) is 9.80. The second-order valence-corrected chi connectivity index (χ2v) is 7.13. The normalized spacial score (nSPS) is 12.3. The summed E-state index contributed by atoms with van der Waals surface area (Å²) < 4.78 is 13.2. The first-order valence-electron chi connectivity index (χ1n) is 9.80. The number of nitrogens with zero attached hydrogens (tertiary/aromatic N) is 2. The molecule has 0 saturated carbocycles. The van der Waals surface area contributed by atoms with Gasteiger partial charge in [0.2, 0.25) is 0 Å². The molecule has 31 heavy (non-hydrogen) atoms. The summed E-state index contributed by atoms with van der Waals surface area (Å²) in [6.45, 7) is 0.281. The number of hydrogen-bond donors (Lipinski definition) is 0. The van der Waals surface area contributed by atoms with Crippen LogP contribution in [-0.4, -0.2) is 16.2 Å². The minimum Gasteiger partial charge on any atom is -0.497 e. The zero-order valence-electron chi connectivity index (χ0n) is 17.3. The van der Waals surface area contributed by atoms with Crippen molar-refractivity contribution in [2.24, 2.45) is 7.05 Å². The third-order valence-corrected chi connectivity index (χ3v) is 5.09. The first-order chi connectivity index (χ1) is 15.1. The van der Waals surface area contributed by atoms with E-state index < -0.39 is 0 Å². The second-order valence-electron chi connectivity index (χ2n) is 7.13. The van der Waals surface area contributed by atoms with Crippen molar-refractivity contribution in [2.75, 3.05) is 7.11 Å². The highest BCUT2D eigenvalue weighted by Gasteiger charge is 2.10. The standard InChI is InChI=1S/C25H22N2O4/c1-26-22(14-18-8-10-21(30-2)11-9-18)25(29)27(16-19-6-4-3-5-7-19)23(24(26)28)15-20-12-13-31-17-20/h3-15,17H,16H2,1-2H3/b22-14-,23-15-. The summed E-state index contributed by atoms with van der Waals surface area (Å²) >= 11 is 0. The molecule has 2 aromatic heterocycles. The highest BCUT2D eigenvalue weighted by molar-refractivity contribution is 5.50. The highest BCUT2D eigenvalue weighted by Crippen LogP contribution is 2.11. The van der Waals surface area contributed by atoms with E-state index in [9.17, 15) is 9.59 Å². The molecule has 2 aromatic carbocycles. The fourth-order valence-electron chi connectivity index (χ4n) is 3.38. The van der Waals surface area contributed by atoms with E-state index in [1.165, 1.54) is 21.7 Å². The van der Waals surface area contributed by atoms with Crippen LogP contribution in [0.4, 0.5) is 0 Å². The molecule has 0 fully saturated rings. The molecule has 0 amide bonds. The highest BCUT2D eigenvalue weighted by atomic mass is 16.5. The lowest BCUT2D eigenvalue weighted by Gasteiger charge is -2.10. The van der Waals surface area contributed by atoms with Gasteiger partial charge in [-0.2, -0.15) is 0 Å². The average molecular weight is 414 g/mol. The largest absolute Gasteiger partial charge is 0.497 e. The fraction of sp³-hybridized carbons (Fsp3) is 0.120. The maximum Gasteiger partial charge on any atom is 0.275 e. The lowest BCUT2D eigenvalue weighted by molar-refractivity contribution is 0.415. The third-order valence-electron chi connectivity index (χ3n) is 5.09. The topological polar surface area (TPSA) is 66.4 Å². The lowest BCUT2D eigenvalue weighted by atomic mass is 10.2. The summed E-state index contributed by atoms with van der Waals surface area (Å²) in [6, 6.07) is 18.6. The number of furan rings is 1. The molecule has 0 unspecified atom stereocenters. The SMILES string of the molecule is COc1ccc(/C=c2/c(=O)n(Cc3ccccc3)/c(=C\c3ccoc3)c(=O)n2C)cc1. The van der Waals surface area contributed by atoms with Crippen molar-refractivity contribution in [3.05, 3.63) is 121 Å². The molecule has 0 aliphatic carbocycles. The average Bonchev–Trinajstić information content (AvgIpc) is 3.32. The van der Waals surface area contributed by atoms with E-state index in [4.69, 9.17) is 9.15 Å². The number of aromatic nitrogens is 2. The molecule has 0 aliphatic heterocycles. The minimum absolute atomic E-state index is 0.253. The van der Waals surface area contributed by atoms with Crippen LogP contribution in [-0.2, 0) is 13.6 Å². The molecular weight excluding hydrogens is 392 g/mol. The van der Waals surface area contributed by atoms with Gasteiger partial charge < -0.3 is 13.7 Å². The Morgan fingerprint density at radius 3 is 2.23 bits per heavy atom. The van der Waals surface area contributed by atoms with Crippen molar-refractivity contribution >= 4 is 12.2 Å². The van der Waals surface area contributed by atoms with Gasteiger partial charge in [0.25, 0.3) is 11.1 Å². The number of methoxy groups -OCH3 is 1. The second kappa shape index (κ2) is 8.75. The molecule has 0 N–H and O–H groups in total. The first kappa shape index (κ1) is 20.2. The van der Waals surface area contributed by atoms with Crippen LogP contribution in [0.3, 0.4) is 0 Å². The maximum atomic E-state index is 13.5. The van der Waals surface area contributed by atoms with E-state index in [1.54, 1.807) is 32.4 Å². The number of hydrogen-bond acceptors (Lipinski definition) is 4. The van der Waals surface area contributed by atoms with Crippen molar-refractivity contribution in [1.82, 2.24) is 9.13 Å². The lowest BCUT2D eigenvalue weighted by Crippen LogP contribution is -2.57. The van der Waals surface area contributed by atoms with Crippen molar-refractivity contribution in [3.63, 3.8) is 0 Å². The molecule has 0 atom stereocenters. The van der Waals surface area contributed by atoms with Gasteiger partial charge in [-0.1, -0.05) is 42.5 Å². The summed E-state index contributed by atoms with van der Waals surface area (Å²) in [4.78, 5) is 26.8. The van der Waals surface area contributed by atoms with Crippen LogP contribution in [0.5, 0.6) is 5.75 Å². The van der Waals surface area contributed by atoms with E-state index in [-0.39, 0.29) is 17.7 Å². The Morgan fingerprint density at radius 1 is 0.871 bits per heavy atom. The Hall–Kier alpha value is -4.06. The fourth-order valence-corrected chi connectivity index (χ4v) is 3.38. The Bertz CT molecular complexity index is 1410. The van der Waals surface area contributed by atoms with Gasteiger partial charge in [0, 0.05) is 12.6 Å². The van der Waals surface area contributed by atoms with E-state index >= 15 is 0 Å². The molecule has 4 aromatic rings. The van der Waals surface area contributed by atoms with Gasteiger partial charge in [-0.25, -0.2) is 0 Å². The van der Waals surface area contributed by atoms with E-state index in [2.05, 4.69) is 0 Å². The monoisotopic (exact) mass is 414 g/mol. The zero-order chi connectivity index (χ0) is 21.8. The van der Waals surface area contributed by atoms with Crippen LogP contribution >= 0.6 is 0 Å². The van der Waals surface area contributed by atoms with Gasteiger partial charge in [-0.15, -0.1) is 0 Å². The van der Waals surface area contributed by atoms with Crippen molar-refractivity contribution in [2.45, 2.75) is 6.54 Å². The maximum absolute atomic E-state index is 13.5. The summed E-state index contributed by atoms with van der Waals surface area (Å²) in [5.41, 5.74) is 1.92. The van der Waals surface area contributed by atoms with E-state index in [1.807, 2.05) is 54.6 Å². The van der Waals surface area contributed by atoms with Crippen LogP contribution in [0.15, 0.2) is 87.2 Å². The van der Waals surface area contributed by atoms with Crippen LogP contribution < -0.4 is 26.6 Å². The van der Waals surface area contributed by atoms with E-state index in [0.717, 1.165) is 16.9 Å². The Kier molecular flexibility index (Phi) is 5.71. The van der Waals surface area contributed by atoms with Gasteiger partial charge in [0.1, 0.15) is 16.4 Å². The zero-order valence-corrected chi connectivity index (χ0v) is 17.3. The summed E-state index contributed by atoms with van der Waals surface area (Å²) in [5, 5.41) is 0.597. The predicted octanol–water partition coefficient (Wildman–Crippen LogP) is 1.85. The molecule has 0 radical (unpaired) electrons. The van der Waals surface area contributed by atoms with Crippen LogP contribution in [0.2, 0.25) is 0 Å². The molecule has 156 valence electrons. The van der Waals surface area contributed by atoms with Gasteiger partial charge in [-0.3, -0.25) is 14.2 Å². The van der Waals surface area contributed by atoms with Gasteiger partial charge in [-0.05, 0) is 41.5 Å². The third kappa shape index (κ3) is 4.28. The summed E-state index contributed by atoms with van der Waals surface area (Å²) in [7, 11) is 3.21. The molecule has 6 nitrogen and oxygen atoms in total. The minimum atomic E-state index is -0.267. The Morgan fingerprint density at radius 2 is 1.58 bits per heavy atom. The molecule has 2 heterocycles. The molecule has 0 aliphatic rings. The predicted molar refractivity (Wildman–Crippen MR) is 120 cm³/mol. The summed E-state index contributed by atoms with van der Waals surface area (Å²) in [5.74, 6) is 0.720. The number of ether oxygens (including phenoxy) is 1. The van der Waals surface area contributed by atoms with Crippen molar-refractivity contribution < 1.29 is 9.15 Å². The molecular formula is C25H22N2O4. The van der Waals surface area contributed by atoms with Gasteiger partial charge >= 0.3 is 0 Å². The molecule has 4 rings (SSSR count).